The number of hydrogen-bond acceptors (Lipinski definition) is 1. The summed E-state index contributed by atoms with van der Waals surface area (Å²) in [5.74, 6) is 0. The molecule has 63 valence electrons. The van der Waals surface area contributed by atoms with Crippen LogP contribution in [0, 0.1) is 0 Å². The van der Waals surface area contributed by atoms with Gasteiger partial charge in [-0.15, -0.1) is 0 Å². The summed E-state index contributed by atoms with van der Waals surface area (Å²) in [5.41, 5.74) is 0.792. The first-order chi connectivity index (χ1) is 6.33. The van der Waals surface area contributed by atoms with Gasteiger partial charge in [-0.1, -0.05) is 41.9 Å². The van der Waals surface area contributed by atoms with E-state index in [4.69, 9.17) is 16.6 Å². The average Bonchev–Trinajstić information content (AvgIpc) is 2.18. The van der Waals surface area contributed by atoms with Crippen LogP contribution in [0.25, 0.3) is 10.8 Å². The Morgan fingerprint density at radius 3 is 2.46 bits per heavy atom. The van der Waals surface area contributed by atoms with Gasteiger partial charge in [0, 0.05) is 5.02 Å². The van der Waals surface area contributed by atoms with Crippen LogP contribution in [-0.4, -0.2) is 12.5 Å². The summed E-state index contributed by atoms with van der Waals surface area (Å²) >= 11 is 5.99. The van der Waals surface area contributed by atoms with Crippen LogP contribution >= 0.6 is 11.6 Å². The third-order valence-corrected chi connectivity index (χ3v) is 2.37. The van der Waals surface area contributed by atoms with Gasteiger partial charge in [-0.25, -0.2) is 0 Å². The maximum absolute atomic E-state index is 8.96. The van der Waals surface area contributed by atoms with Gasteiger partial charge in [0.1, 0.15) is 0 Å². The second-order valence-electron chi connectivity index (χ2n) is 2.81. The van der Waals surface area contributed by atoms with Crippen LogP contribution in [0.3, 0.4) is 0 Å². The van der Waals surface area contributed by atoms with E-state index in [0.29, 0.717) is 5.02 Å². The lowest BCUT2D eigenvalue weighted by atomic mass is 9.84. The maximum atomic E-state index is 8.96. The lowest BCUT2D eigenvalue weighted by Gasteiger charge is -2.03. The van der Waals surface area contributed by atoms with E-state index < -0.39 is 0 Å². The van der Waals surface area contributed by atoms with Crippen molar-refractivity contribution in [3.8, 4) is 0 Å². The fourth-order valence-electron chi connectivity index (χ4n) is 1.41. The molecule has 0 aliphatic heterocycles. The number of halogens is 1. The van der Waals surface area contributed by atoms with Gasteiger partial charge in [-0.2, -0.15) is 0 Å². The summed E-state index contributed by atoms with van der Waals surface area (Å²) in [4.78, 5) is 0. The quantitative estimate of drug-likeness (QED) is 0.678. The normalized spacial score (nSPS) is 10.3. The second-order valence-corrected chi connectivity index (χ2v) is 3.22. The first-order valence-electron chi connectivity index (χ1n) is 3.97. The molecule has 1 N–H and O–H groups in total. The molecule has 0 aromatic heterocycles. The third kappa shape index (κ3) is 1.43. The number of fused-ring (bicyclic) bond motifs is 1. The van der Waals surface area contributed by atoms with Gasteiger partial charge in [0.25, 0.3) is 0 Å². The summed E-state index contributed by atoms with van der Waals surface area (Å²) in [6.07, 6.45) is 0. The highest BCUT2D eigenvalue weighted by molar-refractivity contribution is 6.50. The number of hydrogen-bond donors (Lipinski definition) is 1. The Morgan fingerprint density at radius 2 is 1.69 bits per heavy atom. The van der Waals surface area contributed by atoms with Crippen molar-refractivity contribution in [1.82, 2.24) is 0 Å². The van der Waals surface area contributed by atoms with Crippen LogP contribution < -0.4 is 5.46 Å². The maximum Gasteiger partial charge on any atom is 0.327 e. The van der Waals surface area contributed by atoms with Crippen LogP contribution in [-0.2, 0) is 0 Å². The number of benzene rings is 2. The summed E-state index contributed by atoms with van der Waals surface area (Å²) in [6, 6.07) is 11.3. The van der Waals surface area contributed by atoms with Crippen LogP contribution in [0.1, 0.15) is 0 Å². The molecule has 0 saturated carbocycles. The second kappa shape index (κ2) is 3.40. The standard InChI is InChI=1S/C10H7BClO/c12-10-6-2-3-7-8(10)4-1-5-9(7)11-13/h1-6,13H. The third-order valence-electron chi connectivity index (χ3n) is 2.04. The van der Waals surface area contributed by atoms with E-state index in [2.05, 4.69) is 0 Å². The van der Waals surface area contributed by atoms with E-state index in [-0.39, 0.29) is 0 Å². The molecule has 0 atom stereocenters. The van der Waals surface area contributed by atoms with E-state index in [1.807, 2.05) is 36.4 Å². The van der Waals surface area contributed by atoms with Crippen molar-refractivity contribution in [3.63, 3.8) is 0 Å². The molecule has 3 heteroatoms. The average molecular weight is 189 g/mol. The fourth-order valence-corrected chi connectivity index (χ4v) is 1.65. The first kappa shape index (κ1) is 8.61. The van der Waals surface area contributed by atoms with E-state index >= 15 is 0 Å². The van der Waals surface area contributed by atoms with E-state index in [1.165, 1.54) is 0 Å². The van der Waals surface area contributed by atoms with E-state index in [9.17, 15) is 0 Å². The Balaban J connectivity index is 2.84. The van der Waals surface area contributed by atoms with E-state index in [1.54, 1.807) is 0 Å². The van der Waals surface area contributed by atoms with Gasteiger partial charge in [-0.05, 0) is 22.3 Å². The lowest BCUT2D eigenvalue weighted by Crippen LogP contribution is -2.13. The minimum atomic E-state index is 0.709. The van der Waals surface area contributed by atoms with Crippen molar-refractivity contribution >= 4 is 35.3 Å². The largest absolute Gasteiger partial charge is 0.450 e. The van der Waals surface area contributed by atoms with Crippen molar-refractivity contribution in [2.24, 2.45) is 0 Å². The van der Waals surface area contributed by atoms with Crippen molar-refractivity contribution in [3.05, 3.63) is 41.4 Å². The molecule has 0 fully saturated rings. The minimum absolute atomic E-state index is 0.709. The molecule has 0 amide bonds. The monoisotopic (exact) mass is 189 g/mol. The Hall–Kier alpha value is -0.985. The zero-order valence-corrected chi connectivity index (χ0v) is 7.62. The van der Waals surface area contributed by atoms with Crippen molar-refractivity contribution in [1.29, 1.82) is 0 Å². The van der Waals surface area contributed by atoms with Crippen LogP contribution in [0.5, 0.6) is 0 Å². The smallest absolute Gasteiger partial charge is 0.327 e. The molecule has 0 saturated heterocycles. The Labute approximate surface area is 82.2 Å². The van der Waals surface area contributed by atoms with Crippen molar-refractivity contribution < 1.29 is 5.02 Å². The minimum Gasteiger partial charge on any atom is -0.450 e. The number of rotatable bonds is 1. The molecular weight excluding hydrogens is 182 g/mol. The van der Waals surface area contributed by atoms with Gasteiger partial charge in [0.05, 0.1) is 0 Å². The highest BCUT2D eigenvalue weighted by Crippen LogP contribution is 2.21. The zero-order chi connectivity index (χ0) is 9.26. The molecule has 0 aliphatic rings. The molecule has 0 spiro atoms. The Bertz CT molecular complexity index is 442. The van der Waals surface area contributed by atoms with Crippen LogP contribution in [0.2, 0.25) is 5.02 Å². The molecule has 1 nitrogen and oxygen atoms in total. The van der Waals surface area contributed by atoms with Crippen LogP contribution in [0.15, 0.2) is 36.4 Å². The molecule has 13 heavy (non-hydrogen) atoms. The lowest BCUT2D eigenvalue weighted by molar-refractivity contribution is 0.616. The first-order valence-corrected chi connectivity index (χ1v) is 4.35. The molecule has 0 bridgehead atoms. The summed E-state index contributed by atoms with van der Waals surface area (Å²) < 4.78 is 0. The van der Waals surface area contributed by atoms with E-state index in [0.717, 1.165) is 23.7 Å². The molecular formula is C10H7BClO. The Kier molecular flexibility index (Phi) is 2.25. The highest BCUT2D eigenvalue weighted by Gasteiger charge is 2.02. The highest BCUT2D eigenvalue weighted by atomic mass is 35.5. The SMILES string of the molecule is O[B]c1cccc2c(Cl)cccc12. The van der Waals surface area contributed by atoms with Crippen molar-refractivity contribution in [2.75, 3.05) is 0 Å². The predicted octanol–water partition coefficient (Wildman–Crippen LogP) is 1.73. The van der Waals surface area contributed by atoms with Gasteiger partial charge in [0.15, 0.2) is 0 Å². The molecule has 1 radical (unpaired) electrons. The summed E-state index contributed by atoms with van der Waals surface area (Å²) in [6.45, 7) is 0. The van der Waals surface area contributed by atoms with Gasteiger partial charge in [-0.3, -0.25) is 0 Å². The predicted molar refractivity (Wildman–Crippen MR) is 56.6 cm³/mol. The molecule has 2 aromatic carbocycles. The molecule has 2 rings (SSSR count). The van der Waals surface area contributed by atoms with Crippen LogP contribution in [0.4, 0.5) is 0 Å². The van der Waals surface area contributed by atoms with Crippen molar-refractivity contribution in [2.45, 2.75) is 0 Å². The molecule has 2 aromatic rings. The van der Waals surface area contributed by atoms with Gasteiger partial charge >= 0.3 is 7.48 Å². The molecule has 0 unspecified atom stereocenters. The summed E-state index contributed by atoms with van der Waals surface area (Å²) in [7, 11) is 1.10. The van der Waals surface area contributed by atoms with Gasteiger partial charge < -0.3 is 5.02 Å². The van der Waals surface area contributed by atoms with Gasteiger partial charge in [0.2, 0.25) is 0 Å². The molecule has 0 aliphatic carbocycles. The summed E-state index contributed by atoms with van der Waals surface area (Å²) in [5, 5.41) is 11.6. The topological polar surface area (TPSA) is 20.2 Å². The zero-order valence-electron chi connectivity index (χ0n) is 6.87. The molecule has 0 heterocycles. The Morgan fingerprint density at radius 1 is 1.00 bits per heavy atom. The fraction of sp³-hybridized carbons (Fsp3) is 0.